The molecule has 0 aromatic carbocycles. The Morgan fingerprint density at radius 2 is 1.75 bits per heavy atom. The fourth-order valence-electron chi connectivity index (χ4n) is 4.03. The van der Waals surface area contributed by atoms with Crippen LogP contribution in [0.1, 0.15) is 53.9 Å². The maximum absolute atomic E-state index is 6.10. The molecule has 20 heavy (non-hydrogen) atoms. The SMILES string of the molecule is CC(C)CC1(C)CN(C2CCN(C(C)C)CC2)CCO1. The number of piperidine rings is 1. The summed E-state index contributed by atoms with van der Waals surface area (Å²) >= 11 is 0. The monoisotopic (exact) mass is 282 g/mol. The zero-order chi connectivity index (χ0) is 14.8. The summed E-state index contributed by atoms with van der Waals surface area (Å²) < 4.78 is 6.10. The molecular weight excluding hydrogens is 248 g/mol. The van der Waals surface area contributed by atoms with Gasteiger partial charge in [0.1, 0.15) is 0 Å². The van der Waals surface area contributed by atoms with Crippen LogP contribution in [0.3, 0.4) is 0 Å². The zero-order valence-electron chi connectivity index (χ0n) is 14.2. The van der Waals surface area contributed by atoms with Crippen molar-refractivity contribution in [3.63, 3.8) is 0 Å². The smallest absolute Gasteiger partial charge is 0.0784 e. The number of hydrogen-bond donors (Lipinski definition) is 0. The van der Waals surface area contributed by atoms with Crippen LogP contribution in [0.15, 0.2) is 0 Å². The molecule has 0 saturated carbocycles. The Kier molecular flexibility index (Phi) is 5.49. The van der Waals surface area contributed by atoms with Crippen LogP contribution in [-0.4, -0.2) is 60.3 Å². The number of ether oxygens (including phenoxy) is 1. The lowest BCUT2D eigenvalue weighted by Gasteiger charge is -2.47. The lowest BCUT2D eigenvalue weighted by Crippen LogP contribution is -2.56. The van der Waals surface area contributed by atoms with Crippen LogP contribution in [0.2, 0.25) is 0 Å². The maximum Gasteiger partial charge on any atom is 0.0784 e. The van der Waals surface area contributed by atoms with Gasteiger partial charge in [-0.1, -0.05) is 13.8 Å². The molecule has 118 valence electrons. The van der Waals surface area contributed by atoms with Gasteiger partial charge < -0.3 is 9.64 Å². The Bertz CT molecular complexity index is 297. The van der Waals surface area contributed by atoms with E-state index in [1.165, 1.54) is 32.4 Å². The molecule has 0 aromatic heterocycles. The number of nitrogens with zero attached hydrogens (tertiary/aromatic N) is 2. The van der Waals surface area contributed by atoms with E-state index in [4.69, 9.17) is 4.74 Å². The van der Waals surface area contributed by atoms with Gasteiger partial charge in [-0.15, -0.1) is 0 Å². The minimum absolute atomic E-state index is 0.0710. The van der Waals surface area contributed by atoms with Gasteiger partial charge in [0, 0.05) is 25.2 Å². The average Bonchev–Trinajstić information content (AvgIpc) is 2.37. The van der Waals surface area contributed by atoms with Crippen LogP contribution in [0, 0.1) is 5.92 Å². The maximum atomic E-state index is 6.10. The third-order valence-electron chi connectivity index (χ3n) is 4.95. The van der Waals surface area contributed by atoms with Crippen LogP contribution >= 0.6 is 0 Å². The molecule has 0 amide bonds. The normalized spacial score (nSPS) is 31.4. The lowest BCUT2D eigenvalue weighted by atomic mass is 9.90. The highest BCUT2D eigenvalue weighted by molar-refractivity contribution is 4.90. The van der Waals surface area contributed by atoms with Gasteiger partial charge in [0.25, 0.3) is 0 Å². The molecule has 3 nitrogen and oxygen atoms in total. The van der Waals surface area contributed by atoms with Crippen LogP contribution in [0.4, 0.5) is 0 Å². The summed E-state index contributed by atoms with van der Waals surface area (Å²) in [5, 5.41) is 0. The second-order valence-electron chi connectivity index (χ2n) is 7.73. The minimum atomic E-state index is 0.0710. The third-order valence-corrected chi connectivity index (χ3v) is 4.95. The van der Waals surface area contributed by atoms with E-state index in [-0.39, 0.29) is 5.60 Å². The number of morpholine rings is 1. The standard InChI is InChI=1S/C17H34N2O/c1-14(2)12-17(5)13-19(10-11-20-17)16-6-8-18(9-7-16)15(3)4/h14-16H,6-13H2,1-5H3. The summed E-state index contributed by atoms with van der Waals surface area (Å²) in [5.74, 6) is 0.711. The third kappa shape index (κ3) is 4.19. The van der Waals surface area contributed by atoms with Gasteiger partial charge in [-0.2, -0.15) is 0 Å². The number of likely N-dealkylation sites (tertiary alicyclic amines) is 1. The van der Waals surface area contributed by atoms with E-state index in [9.17, 15) is 0 Å². The quantitative estimate of drug-likeness (QED) is 0.788. The molecule has 2 saturated heterocycles. The second kappa shape index (κ2) is 6.76. The summed E-state index contributed by atoms with van der Waals surface area (Å²) in [6.07, 6.45) is 3.83. The van der Waals surface area contributed by atoms with Gasteiger partial charge in [-0.3, -0.25) is 4.90 Å². The van der Waals surface area contributed by atoms with Crippen LogP contribution in [0.25, 0.3) is 0 Å². The highest BCUT2D eigenvalue weighted by Gasteiger charge is 2.36. The molecule has 2 aliphatic rings. The topological polar surface area (TPSA) is 15.7 Å². The molecule has 2 heterocycles. The van der Waals surface area contributed by atoms with Gasteiger partial charge in [-0.25, -0.2) is 0 Å². The van der Waals surface area contributed by atoms with Crippen molar-refractivity contribution < 1.29 is 4.74 Å². The van der Waals surface area contributed by atoms with Crippen molar-refractivity contribution in [3.8, 4) is 0 Å². The molecule has 3 heteroatoms. The summed E-state index contributed by atoms with van der Waals surface area (Å²) in [7, 11) is 0. The zero-order valence-corrected chi connectivity index (χ0v) is 14.2. The molecule has 0 aromatic rings. The average molecular weight is 282 g/mol. The molecular formula is C17H34N2O. The molecule has 0 aliphatic carbocycles. The first-order valence-corrected chi connectivity index (χ1v) is 8.52. The first-order valence-electron chi connectivity index (χ1n) is 8.52. The Hall–Kier alpha value is -0.120. The highest BCUT2D eigenvalue weighted by Crippen LogP contribution is 2.29. The molecule has 0 N–H and O–H groups in total. The molecule has 2 aliphatic heterocycles. The summed E-state index contributed by atoms with van der Waals surface area (Å²) in [4.78, 5) is 5.33. The number of rotatable bonds is 4. The first kappa shape index (κ1) is 16.3. The van der Waals surface area contributed by atoms with Gasteiger partial charge in [0.05, 0.1) is 12.2 Å². The molecule has 1 unspecified atom stereocenters. The molecule has 2 rings (SSSR count). The number of hydrogen-bond acceptors (Lipinski definition) is 3. The molecule has 0 radical (unpaired) electrons. The minimum Gasteiger partial charge on any atom is -0.373 e. The van der Waals surface area contributed by atoms with Crippen molar-refractivity contribution in [2.45, 2.75) is 71.6 Å². The van der Waals surface area contributed by atoms with Crippen LogP contribution in [0.5, 0.6) is 0 Å². The summed E-state index contributed by atoms with van der Waals surface area (Å²) in [6, 6.07) is 1.48. The Balaban J connectivity index is 1.87. The highest BCUT2D eigenvalue weighted by atomic mass is 16.5. The van der Waals surface area contributed by atoms with Gasteiger partial charge in [-0.05, 0) is 59.0 Å². The largest absolute Gasteiger partial charge is 0.373 e. The molecule has 0 bridgehead atoms. The fourth-order valence-corrected chi connectivity index (χ4v) is 4.03. The van der Waals surface area contributed by atoms with E-state index >= 15 is 0 Å². The lowest BCUT2D eigenvalue weighted by molar-refractivity contribution is -0.121. The fraction of sp³-hybridized carbons (Fsp3) is 1.00. The van der Waals surface area contributed by atoms with Gasteiger partial charge >= 0.3 is 0 Å². The van der Waals surface area contributed by atoms with E-state index in [0.29, 0.717) is 12.0 Å². The van der Waals surface area contributed by atoms with E-state index in [1.807, 2.05) is 0 Å². The van der Waals surface area contributed by atoms with Gasteiger partial charge in [0.2, 0.25) is 0 Å². The van der Waals surface area contributed by atoms with Crippen molar-refractivity contribution in [1.29, 1.82) is 0 Å². The first-order chi connectivity index (χ1) is 9.39. The van der Waals surface area contributed by atoms with E-state index in [2.05, 4.69) is 44.4 Å². The van der Waals surface area contributed by atoms with Crippen LogP contribution in [-0.2, 0) is 4.74 Å². The van der Waals surface area contributed by atoms with Gasteiger partial charge in [0.15, 0.2) is 0 Å². The van der Waals surface area contributed by atoms with E-state index in [1.54, 1.807) is 0 Å². The molecule has 1 atom stereocenters. The Morgan fingerprint density at radius 1 is 1.10 bits per heavy atom. The Labute approximate surface area is 125 Å². The van der Waals surface area contributed by atoms with Crippen molar-refractivity contribution in [1.82, 2.24) is 9.80 Å². The van der Waals surface area contributed by atoms with Crippen molar-refractivity contribution in [2.24, 2.45) is 5.92 Å². The summed E-state index contributed by atoms with van der Waals surface area (Å²) in [6.45, 7) is 17.2. The summed E-state index contributed by atoms with van der Waals surface area (Å²) in [5.41, 5.74) is 0.0710. The second-order valence-corrected chi connectivity index (χ2v) is 7.73. The predicted molar refractivity (Wildman–Crippen MR) is 85.1 cm³/mol. The van der Waals surface area contributed by atoms with Crippen molar-refractivity contribution in [2.75, 3.05) is 32.8 Å². The molecule has 2 fully saturated rings. The predicted octanol–water partition coefficient (Wildman–Crippen LogP) is 3.00. The van der Waals surface area contributed by atoms with Crippen LogP contribution < -0.4 is 0 Å². The Morgan fingerprint density at radius 3 is 2.30 bits per heavy atom. The van der Waals surface area contributed by atoms with Crippen molar-refractivity contribution in [3.05, 3.63) is 0 Å². The van der Waals surface area contributed by atoms with E-state index < -0.39 is 0 Å². The molecule has 0 spiro atoms. The van der Waals surface area contributed by atoms with Crippen molar-refractivity contribution >= 4 is 0 Å². The van der Waals surface area contributed by atoms with E-state index in [0.717, 1.165) is 25.7 Å².